The van der Waals surface area contributed by atoms with E-state index in [0.717, 1.165) is 5.39 Å². The molecule has 3 N–H and O–H groups in total. The molecule has 0 aliphatic carbocycles. The van der Waals surface area contributed by atoms with Gasteiger partial charge in [0.15, 0.2) is 5.82 Å². The van der Waals surface area contributed by atoms with Crippen molar-refractivity contribution < 1.29 is 4.42 Å². The van der Waals surface area contributed by atoms with Gasteiger partial charge < -0.3 is 4.42 Å². The smallest absolute Gasteiger partial charge is 0.347 e. The Bertz CT molecular complexity index is 760. The fourth-order valence-corrected chi connectivity index (χ4v) is 1.82. The fraction of sp³-hybridized carbons (Fsp3) is 0. The van der Waals surface area contributed by atoms with E-state index >= 15 is 0 Å². The average Bonchev–Trinajstić information content (AvgIpc) is 2.86. The van der Waals surface area contributed by atoms with E-state index in [-0.39, 0.29) is 0 Å². The molecule has 0 amide bonds. The second-order valence-electron chi connectivity index (χ2n) is 3.74. The summed E-state index contributed by atoms with van der Waals surface area (Å²) in [6.45, 7) is 0. The molecule has 0 bridgehead atoms. The van der Waals surface area contributed by atoms with Gasteiger partial charge in [0.1, 0.15) is 11.1 Å². The van der Waals surface area contributed by atoms with Crippen molar-refractivity contribution in [2.24, 2.45) is 5.84 Å². The number of aromatic nitrogens is 2. The number of imidazole rings is 1. The van der Waals surface area contributed by atoms with E-state index in [2.05, 4.69) is 10.5 Å². The summed E-state index contributed by atoms with van der Waals surface area (Å²) in [7, 11) is 0. The molecule has 18 heavy (non-hydrogen) atoms. The molecule has 3 aromatic rings. The summed E-state index contributed by atoms with van der Waals surface area (Å²) in [5, 5.41) is 0.832. The maximum Gasteiger partial charge on any atom is 0.347 e. The summed E-state index contributed by atoms with van der Waals surface area (Å²) in [6.07, 6.45) is 3.16. The molecule has 0 atom stereocenters. The van der Waals surface area contributed by atoms with Gasteiger partial charge in [0, 0.05) is 17.8 Å². The molecule has 3 rings (SSSR count). The van der Waals surface area contributed by atoms with Gasteiger partial charge in [-0.2, -0.15) is 0 Å². The van der Waals surface area contributed by atoms with Crippen LogP contribution in [0.15, 0.2) is 51.9 Å². The zero-order chi connectivity index (χ0) is 12.5. The van der Waals surface area contributed by atoms with E-state index in [1.807, 2.05) is 18.2 Å². The second-order valence-corrected chi connectivity index (χ2v) is 3.74. The van der Waals surface area contributed by atoms with Crippen LogP contribution in [0.3, 0.4) is 0 Å². The highest BCUT2D eigenvalue weighted by molar-refractivity contribution is 5.80. The number of nitrogens with two attached hydrogens (primary N) is 1. The van der Waals surface area contributed by atoms with Crippen LogP contribution in [0.5, 0.6) is 0 Å². The second kappa shape index (κ2) is 4.01. The van der Waals surface area contributed by atoms with Gasteiger partial charge in [0.05, 0.1) is 0 Å². The average molecular weight is 242 g/mol. The first-order valence-corrected chi connectivity index (χ1v) is 5.33. The number of rotatable bonds is 2. The van der Waals surface area contributed by atoms with Crippen molar-refractivity contribution in [1.82, 2.24) is 9.66 Å². The molecule has 0 radical (unpaired) electrons. The molecule has 0 spiro atoms. The SMILES string of the molecule is NNn1ccnc1-c1cc2ccccc2oc1=O. The number of hydrogen-bond donors (Lipinski definition) is 2. The minimum Gasteiger partial charge on any atom is -0.422 e. The van der Waals surface area contributed by atoms with E-state index in [4.69, 9.17) is 10.3 Å². The lowest BCUT2D eigenvalue weighted by molar-refractivity contribution is 0.562. The molecular formula is C12H10N4O2. The predicted molar refractivity (Wildman–Crippen MR) is 67.3 cm³/mol. The zero-order valence-corrected chi connectivity index (χ0v) is 9.33. The number of fused-ring (bicyclic) bond motifs is 1. The Balaban J connectivity index is 2.29. The molecule has 90 valence electrons. The van der Waals surface area contributed by atoms with Crippen molar-refractivity contribution in [1.29, 1.82) is 0 Å². The molecule has 0 saturated carbocycles. The van der Waals surface area contributed by atoms with Crippen molar-refractivity contribution in [3.05, 3.63) is 53.1 Å². The molecule has 6 heteroatoms. The number of hydrogen-bond acceptors (Lipinski definition) is 5. The monoisotopic (exact) mass is 242 g/mol. The molecule has 2 aromatic heterocycles. The van der Waals surface area contributed by atoms with Crippen molar-refractivity contribution in [3.8, 4) is 11.4 Å². The van der Waals surface area contributed by atoms with Gasteiger partial charge in [-0.05, 0) is 12.1 Å². The molecule has 0 aliphatic heterocycles. The van der Waals surface area contributed by atoms with E-state index in [1.54, 1.807) is 24.5 Å². The van der Waals surface area contributed by atoms with Crippen LogP contribution in [-0.4, -0.2) is 9.66 Å². The Kier molecular flexibility index (Phi) is 2.35. The van der Waals surface area contributed by atoms with E-state index in [9.17, 15) is 4.79 Å². The largest absolute Gasteiger partial charge is 0.422 e. The topological polar surface area (TPSA) is 86.1 Å². The molecule has 0 fully saturated rings. The first kappa shape index (κ1) is 10.5. The summed E-state index contributed by atoms with van der Waals surface area (Å²) >= 11 is 0. The van der Waals surface area contributed by atoms with Gasteiger partial charge in [0.25, 0.3) is 0 Å². The highest BCUT2D eigenvalue weighted by atomic mass is 16.4. The lowest BCUT2D eigenvalue weighted by Gasteiger charge is -2.05. The third kappa shape index (κ3) is 1.56. The van der Waals surface area contributed by atoms with Crippen LogP contribution in [0.2, 0.25) is 0 Å². The Hall–Kier alpha value is -2.60. The van der Waals surface area contributed by atoms with Crippen LogP contribution in [0.25, 0.3) is 22.4 Å². The standard InChI is InChI=1S/C12H10N4O2/c13-15-16-6-5-14-11(16)9-7-8-3-1-2-4-10(8)18-12(9)17/h1-7,15H,13H2. The van der Waals surface area contributed by atoms with Crippen molar-refractivity contribution >= 4 is 11.0 Å². The van der Waals surface area contributed by atoms with Crippen LogP contribution >= 0.6 is 0 Å². The fourth-order valence-electron chi connectivity index (χ4n) is 1.82. The third-order valence-electron chi connectivity index (χ3n) is 2.66. The number of hydrazine groups is 1. The molecule has 0 saturated heterocycles. The number of nitrogens with zero attached hydrogens (tertiary/aromatic N) is 2. The van der Waals surface area contributed by atoms with Crippen LogP contribution in [0, 0.1) is 0 Å². The van der Waals surface area contributed by atoms with E-state index in [0.29, 0.717) is 17.0 Å². The maximum atomic E-state index is 11.9. The molecule has 6 nitrogen and oxygen atoms in total. The number of nitrogens with one attached hydrogen (secondary N) is 1. The van der Waals surface area contributed by atoms with Crippen LogP contribution in [0.1, 0.15) is 0 Å². The summed E-state index contributed by atoms with van der Waals surface area (Å²) in [5.74, 6) is 5.75. The van der Waals surface area contributed by atoms with E-state index in [1.165, 1.54) is 4.68 Å². The minimum absolute atomic E-state index is 0.358. The summed E-state index contributed by atoms with van der Waals surface area (Å²) in [4.78, 5) is 16.0. The first-order chi connectivity index (χ1) is 8.79. The number of nitrogen functional groups attached to an aromatic ring is 1. The van der Waals surface area contributed by atoms with Crippen LogP contribution < -0.4 is 17.0 Å². The van der Waals surface area contributed by atoms with Gasteiger partial charge in [-0.3, -0.25) is 5.53 Å². The Morgan fingerprint density at radius 1 is 1.33 bits per heavy atom. The van der Waals surface area contributed by atoms with Crippen LogP contribution in [0.4, 0.5) is 0 Å². The highest BCUT2D eigenvalue weighted by Gasteiger charge is 2.12. The van der Waals surface area contributed by atoms with Gasteiger partial charge in [0.2, 0.25) is 0 Å². The summed E-state index contributed by atoms with van der Waals surface area (Å²) in [6, 6.07) is 9.03. The molecule has 0 unspecified atom stereocenters. The highest BCUT2D eigenvalue weighted by Crippen LogP contribution is 2.18. The van der Waals surface area contributed by atoms with E-state index < -0.39 is 5.63 Å². The molecule has 1 aromatic carbocycles. The minimum atomic E-state index is -0.448. The van der Waals surface area contributed by atoms with Crippen molar-refractivity contribution in [2.75, 3.05) is 5.53 Å². The molecule has 0 aliphatic rings. The predicted octanol–water partition coefficient (Wildman–Crippen LogP) is 1.07. The third-order valence-corrected chi connectivity index (χ3v) is 2.66. The van der Waals surface area contributed by atoms with Gasteiger partial charge in [-0.15, -0.1) is 0 Å². The van der Waals surface area contributed by atoms with Crippen molar-refractivity contribution in [2.45, 2.75) is 0 Å². The quantitative estimate of drug-likeness (QED) is 0.399. The summed E-state index contributed by atoms with van der Waals surface area (Å²) < 4.78 is 6.68. The normalized spacial score (nSPS) is 10.7. The maximum absolute atomic E-state index is 11.9. The van der Waals surface area contributed by atoms with Crippen LogP contribution in [-0.2, 0) is 0 Å². The van der Waals surface area contributed by atoms with Gasteiger partial charge in [-0.1, -0.05) is 18.2 Å². The Labute approximate surface area is 102 Å². The van der Waals surface area contributed by atoms with Gasteiger partial charge >= 0.3 is 5.63 Å². The summed E-state index contributed by atoms with van der Waals surface area (Å²) in [5.41, 5.74) is 2.88. The lowest BCUT2D eigenvalue weighted by Crippen LogP contribution is -2.22. The van der Waals surface area contributed by atoms with Crippen molar-refractivity contribution in [3.63, 3.8) is 0 Å². The number of benzene rings is 1. The Morgan fingerprint density at radius 2 is 2.17 bits per heavy atom. The van der Waals surface area contributed by atoms with Gasteiger partial charge in [-0.25, -0.2) is 20.3 Å². The molecular weight excluding hydrogens is 232 g/mol. The first-order valence-electron chi connectivity index (χ1n) is 5.33. The Morgan fingerprint density at radius 3 is 3.00 bits per heavy atom. The molecule has 2 heterocycles. The number of para-hydroxylation sites is 1. The lowest BCUT2D eigenvalue weighted by atomic mass is 10.2. The zero-order valence-electron chi connectivity index (χ0n) is 9.33.